The Balaban J connectivity index is 1.55. The van der Waals surface area contributed by atoms with Crippen LogP contribution in [0.15, 0.2) is 60.7 Å². The Morgan fingerprint density at radius 2 is 1.88 bits per heavy atom. The molecule has 0 aliphatic carbocycles. The lowest BCUT2D eigenvalue weighted by Gasteiger charge is -2.06. The number of carbonyl (C=O) groups is 1. The number of hydrogen-bond acceptors (Lipinski definition) is 3. The summed E-state index contributed by atoms with van der Waals surface area (Å²) in [7, 11) is 0. The van der Waals surface area contributed by atoms with Crippen LogP contribution in [0.25, 0.3) is 21.0 Å². The van der Waals surface area contributed by atoms with Crippen LogP contribution in [0, 0.1) is 0 Å². The zero-order valence-corrected chi connectivity index (χ0v) is 15.6. The summed E-state index contributed by atoms with van der Waals surface area (Å²) in [6.45, 7) is 4.35. The number of nitrogens with one attached hydrogen (secondary N) is 1. The molecule has 4 heteroatoms. The highest BCUT2D eigenvalue weighted by Gasteiger charge is 2.11. The summed E-state index contributed by atoms with van der Waals surface area (Å²) in [5.74, 6) is 0.440. The van der Waals surface area contributed by atoms with Crippen molar-refractivity contribution in [3.8, 4) is 0 Å². The minimum atomic E-state index is -0.0375. The second kappa shape index (κ2) is 6.89. The van der Waals surface area contributed by atoms with Gasteiger partial charge in [-0.3, -0.25) is 4.79 Å². The molecular weight excluding hydrogens is 340 g/mol. The van der Waals surface area contributed by atoms with E-state index in [1.807, 2.05) is 30.3 Å². The van der Waals surface area contributed by atoms with Crippen LogP contribution in [0.5, 0.6) is 0 Å². The molecule has 1 amide bonds. The highest BCUT2D eigenvalue weighted by atomic mass is 32.1. The van der Waals surface area contributed by atoms with Gasteiger partial charge in [0.15, 0.2) is 5.13 Å². The molecule has 0 saturated heterocycles. The summed E-state index contributed by atoms with van der Waals surface area (Å²) >= 11 is 1.53. The molecule has 0 bridgehead atoms. The zero-order chi connectivity index (χ0) is 18.1. The Bertz CT molecular complexity index is 1090. The first-order valence-corrected chi connectivity index (χ1v) is 9.59. The number of hydrogen-bond donors (Lipinski definition) is 1. The number of amides is 1. The first-order chi connectivity index (χ1) is 12.6. The van der Waals surface area contributed by atoms with Crippen LogP contribution in [0.4, 0.5) is 5.13 Å². The van der Waals surface area contributed by atoms with E-state index in [2.05, 4.69) is 54.5 Å². The van der Waals surface area contributed by atoms with Crippen molar-refractivity contribution >= 4 is 43.4 Å². The number of anilines is 1. The van der Waals surface area contributed by atoms with Crippen molar-refractivity contribution in [1.29, 1.82) is 0 Å². The predicted octanol–water partition coefficient (Wildman–Crippen LogP) is 5.75. The van der Waals surface area contributed by atoms with Gasteiger partial charge in [-0.1, -0.05) is 73.7 Å². The minimum absolute atomic E-state index is 0.0375. The molecular formula is C22H20N2OS. The van der Waals surface area contributed by atoms with Gasteiger partial charge in [0.25, 0.3) is 0 Å². The molecule has 0 fully saturated rings. The molecule has 0 unspecified atom stereocenters. The molecule has 1 heterocycles. The van der Waals surface area contributed by atoms with Gasteiger partial charge in [-0.05, 0) is 39.9 Å². The van der Waals surface area contributed by atoms with E-state index in [4.69, 9.17) is 0 Å². The molecule has 0 aliphatic heterocycles. The molecule has 26 heavy (non-hydrogen) atoms. The Morgan fingerprint density at radius 1 is 1.08 bits per heavy atom. The van der Waals surface area contributed by atoms with Crippen molar-refractivity contribution in [3.05, 3.63) is 71.8 Å². The van der Waals surface area contributed by atoms with Crippen molar-refractivity contribution in [3.63, 3.8) is 0 Å². The number of thiazole rings is 1. The molecule has 0 spiro atoms. The van der Waals surface area contributed by atoms with Crippen LogP contribution in [-0.2, 0) is 11.2 Å². The monoisotopic (exact) mass is 360 g/mol. The fourth-order valence-corrected chi connectivity index (χ4v) is 4.07. The minimum Gasteiger partial charge on any atom is -0.302 e. The third-order valence-corrected chi connectivity index (χ3v) is 5.49. The fourth-order valence-electron chi connectivity index (χ4n) is 3.14. The number of benzene rings is 3. The van der Waals surface area contributed by atoms with Crippen LogP contribution in [0.1, 0.15) is 30.9 Å². The van der Waals surface area contributed by atoms with E-state index in [-0.39, 0.29) is 5.91 Å². The maximum Gasteiger partial charge on any atom is 0.230 e. The van der Waals surface area contributed by atoms with E-state index in [0.29, 0.717) is 17.5 Å². The predicted molar refractivity (Wildman–Crippen MR) is 110 cm³/mol. The van der Waals surface area contributed by atoms with Crippen LogP contribution in [0.3, 0.4) is 0 Å². The van der Waals surface area contributed by atoms with Crippen molar-refractivity contribution in [1.82, 2.24) is 4.98 Å². The van der Waals surface area contributed by atoms with Gasteiger partial charge in [0.1, 0.15) is 0 Å². The Morgan fingerprint density at radius 3 is 2.73 bits per heavy atom. The van der Waals surface area contributed by atoms with Gasteiger partial charge in [-0.25, -0.2) is 4.98 Å². The van der Waals surface area contributed by atoms with Gasteiger partial charge < -0.3 is 5.32 Å². The summed E-state index contributed by atoms with van der Waals surface area (Å²) in [6, 6.07) is 20.5. The second-order valence-electron chi connectivity index (χ2n) is 6.76. The van der Waals surface area contributed by atoms with Crippen molar-refractivity contribution < 1.29 is 4.79 Å². The number of fused-ring (bicyclic) bond motifs is 2. The molecule has 4 rings (SSSR count). The van der Waals surface area contributed by atoms with Crippen molar-refractivity contribution in [2.45, 2.75) is 26.2 Å². The molecule has 1 aromatic heterocycles. The fraction of sp³-hybridized carbons (Fsp3) is 0.182. The van der Waals surface area contributed by atoms with Gasteiger partial charge in [-0.15, -0.1) is 0 Å². The third-order valence-electron chi connectivity index (χ3n) is 4.56. The average molecular weight is 360 g/mol. The maximum absolute atomic E-state index is 12.5. The topological polar surface area (TPSA) is 42.0 Å². The Labute approximate surface area is 156 Å². The lowest BCUT2D eigenvalue weighted by Crippen LogP contribution is -2.14. The van der Waals surface area contributed by atoms with Crippen LogP contribution < -0.4 is 5.32 Å². The van der Waals surface area contributed by atoms with Gasteiger partial charge >= 0.3 is 0 Å². The SMILES string of the molecule is CC(C)c1ccc2nc(NC(=O)Cc3cccc4ccccc34)sc2c1. The molecule has 3 aromatic carbocycles. The summed E-state index contributed by atoms with van der Waals surface area (Å²) in [4.78, 5) is 17.1. The zero-order valence-electron chi connectivity index (χ0n) is 14.8. The van der Waals surface area contributed by atoms with Crippen LogP contribution >= 0.6 is 11.3 Å². The van der Waals surface area contributed by atoms with Crippen molar-refractivity contribution in [2.75, 3.05) is 5.32 Å². The van der Waals surface area contributed by atoms with E-state index in [1.54, 1.807) is 0 Å². The number of rotatable bonds is 4. The Hall–Kier alpha value is -2.72. The molecule has 1 N–H and O–H groups in total. The lowest BCUT2D eigenvalue weighted by molar-refractivity contribution is -0.115. The lowest BCUT2D eigenvalue weighted by atomic mass is 10.0. The normalized spacial score (nSPS) is 11.3. The summed E-state index contributed by atoms with van der Waals surface area (Å²) < 4.78 is 1.11. The van der Waals surface area contributed by atoms with E-state index < -0.39 is 0 Å². The maximum atomic E-state index is 12.5. The molecule has 4 aromatic rings. The van der Waals surface area contributed by atoms with Gasteiger partial charge in [0.2, 0.25) is 5.91 Å². The van der Waals surface area contributed by atoms with Crippen molar-refractivity contribution in [2.24, 2.45) is 0 Å². The van der Waals surface area contributed by atoms with E-state index in [1.165, 1.54) is 16.9 Å². The molecule has 0 atom stereocenters. The number of aromatic nitrogens is 1. The van der Waals surface area contributed by atoms with Gasteiger partial charge in [0.05, 0.1) is 16.6 Å². The second-order valence-corrected chi connectivity index (χ2v) is 7.79. The van der Waals surface area contributed by atoms with E-state index in [9.17, 15) is 4.79 Å². The van der Waals surface area contributed by atoms with Crippen LogP contribution in [0.2, 0.25) is 0 Å². The van der Waals surface area contributed by atoms with Gasteiger partial charge in [0, 0.05) is 0 Å². The highest BCUT2D eigenvalue weighted by molar-refractivity contribution is 7.22. The molecule has 0 saturated carbocycles. The molecule has 130 valence electrons. The third kappa shape index (κ3) is 3.33. The first kappa shape index (κ1) is 16.7. The molecule has 0 radical (unpaired) electrons. The molecule has 3 nitrogen and oxygen atoms in total. The quantitative estimate of drug-likeness (QED) is 0.503. The van der Waals surface area contributed by atoms with Crippen LogP contribution in [-0.4, -0.2) is 10.9 Å². The summed E-state index contributed by atoms with van der Waals surface area (Å²) in [6.07, 6.45) is 0.342. The largest absolute Gasteiger partial charge is 0.302 e. The summed E-state index contributed by atoms with van der Waals surface area (Å²) in [5.41, 5.74) is 3.25. The summed E-state index contributed by atoms with van der Waals surface area (Å²) in [5, 5.41) is 5.89. The van der Waals surface area contributed by atoms with E-state index >= 15 is 0 Å². The molecule has 0 aliphatic rings. The standard InChI is InChI=1S/C22H20N2OS/c1-14(2)16-10-11-19-20(12-16)26-22(23-19)24-21(25)13-17-8-5-7-15-6-3-4-9-18(15)17/h3-12,14H,13H2,1-2H3,(H,23,24,25). The average Bonchev–Trinajstić information content (AvgIpc) is 3.03. The number of carbonyl (C=O) groups excluding carboxylic acids is 1. The number of nitrogens with zero attached hydrogens (tertiary/aromatic N) is 1. The highest BCUT2D eigenvalue weighted by Crippen LogP contribution is 2.29. The Kier molecular flexibility index (Phi) is 4.43. The van der Waals surface area contributed by atoms with E-state index in [0.717, 1.165) is 26.6 Å². The van der Waals surface area contributed by atoms with Gasteiger partial charge in [-0.2, -0.15) is 0 Å². The first-order valence-electron chi connectivity index (χ1n) is 8.77. The smallest absolute Gasteiger partial charge is 0.230 e.